The van der Waals surface area contributed by atoms with Crippen LogP contribution in [-0.2, 0) is 14.3 Å². The van der Waals surface area contributed by atoms with E-state index in [0.717, 1.165) is 11.1 Å². The molecule has 0 radical (unpaired) electrons. The number of likely N-dealkylation sites (tertiary alicyclic amines) is 1. The molecule has 2 heterocycles. The molecule has 1 N–H and O–H groups in total. The largest absolute Gasteiger partial charge is 0.368 e. The number of hydrogen-bond acceptors (Lipinski definition) is 4. The number of nitrogens with one attached hydrogen (secondary N) is 1. The molecule has 2 saturated heterocycles. The van der Waals surface area contributed by atoms with Gasteiger partial charge in [0.25, 0.3) is 5.91 Å². The van der Waals surface area contributed by atoms with Crippen LogP contribution in [0.2, 0.25) is 0 Å². The van der Waals surface area contributed by atoms with Crippen molar-refractivity contribution < 1.29 is 19.1 Å². The average molecular weight is 384 g/mol. The number of hydrogen-bond donors (Lipinski definition) is 1. The van der Waals surface area contributed by atoms with E-state index in [4.69, 9.17) is 4.74 Å². The Morgan fingerprint density at radius 1 is 1.25 bits per heavy atom. The summed E-state index contributed by atoms with van der Waals surface area (Å²) < 4.78 is 5.47. The van der Waals surface area contributed by atoms with Gasteiger partial charge in [0.15, 0.2) is 5.78 Å². The van der Waals surface area contributed by atoms with Crippen molar-refractivity contribution in [3.05, 3.63) is 42.0 Å². The molecule has 3 atom stereocenters. The first-order valence-corrected chi connectivity index (χ1v) is 9.79. The Balaban J connectivity index is 1.74. The van der Waals surface area contributed by atoms with Gasteiger partial charge in [0, 0.05) is 12.1 Å². The Kier molecular flexibility index (Phi) is 5.98. The third kappa shape index (κ3) is 4.17. The zero-order valence-electron chi connectivity index (χ0n) is 16.7. The highest BCUT2D eigenvalue weighted by molar-refractivity contribution is 5.99. The highest BCUT2D eigenvalue weighted by Crippen LogP contribution is 2.28. The van der Waals surface area contributed by atoms with Gasteiger partial charge >= 0.3 is 0 Å². The third-order valence-electron chi connectivity index (χ3n) is 5.35. The quantitative estimate of drug-likeness (QED) is 0.817. The van der Waals surface area contributed by atoms with E-state index >= 15 is 0 Å². The lowest BCUT2D eigenvalue weighted by Crippen LogP contribution is -2.52. The van der Waals surface area contributed by atoms with Gasteiger partial charge in [-0.3, -0.25) is 14.4 Å². The fraction of sp³-hybridized carbons (Fsp3) is 0.500. The van der Waals surface area contributed by atoms with Gasteiger partial charge in [0.1, 0.15) is 18.7 Å². The molecule has 2 amide bonds. The molecule has 0 aromatic heterocycles. The minimum absolute atomic E-state index is 0.0548. The van der Waals surface area contributed by atoms with Crippen LogP contribution in [0, 0.1) is 5.92 Å². The van der Waals surface area contributed by atoms with Gasteiger partial charge in [-0.1, -0.05) is 38.1 Å². The second kappa shape index (κ2) is 8.27. The summed E-state index contributed by atoms with van der Waals surface area (Å²) in [7, 11) is 0. The Bertz CT molecular complexity index is 784. The number of carbonyl (C=O) groups excluding carboxylic acids is 3. The number of rotatable bonds is 6. The van der Waals surface area contributed by atoms with E-state index in [9.17, 15) is 14.4 Å². The van der Waals surface area contributed by atoms with Crippen LogP contribution >= 0.6 is 0 Å². The van der Waals surface area contributed by atoms with Gasteiger partial charge in [0.2, 0.25) is 5.91 Å². The van der Waals surface area contributed by atoms with Crippen molar-refractivity contribution in [1.29, 1.82) is 0 Å². The third-order valence-corrected chi connectivity index (χ3v) is 5.35. The first-order chi connectivity index (χ1) is 13.3. The zero-order chi connectivity index (χ0) is 20.4. The molecule has 3 rings (SSSR count). The zero-order valence-corrected chi connectivity index (χ0v) is 16.7. The van der Waals surface area contributed by atoms with Gasteiger partial charge in [-0.25, -0.2) is 0 Å². The molecule has 0 unspecified atom stereocenters. The van der Waals surface area contributed by atoms with Gasteiger partial charge < -0.3 is 15.0 Å². The van der Waals surface area contributed by atoms with Crippen LogP contribution in [0.15, 0.2) is 30.8 Å². The summed E-state index contributed by atoms with van der Waals surface area (Å²) in [5.41, 5.74) is 2.38. The van der Waals surface area contributed by atoms with Crippen LogP contribution < -0.4 is 5.32 Å². The smallest absolute Gasteiger partial charge is 0.251 e. The summed E-state index contributed by atoms with van der Waals surface area (Å²) in [6.07, 6.45) is 0.964. The molecule has 1 aromatic carbocycles. The van der Waals surface area contributed by atoms with E-state index in [1.807, 2.05) is 32.9 Å². The van der Waals surface area contributed by atoms with Gasteiger partial charge in [-0.2, -0.15) is 0 Å². The van der Waals surface area contributed by atoms with E-state index in [1.165, 1.54) is 0 Å². The Hall–Kier alpha value is -2.47. The monoisotopic (exact) mass is 384 g/mol. The second-order valence-electron chi connectivity index (χ2n) is 8.09. The van der Waals surface area contributed by atoms with Crippen LogP contribution in [0.4, 0.5) is 0 Å². The second-order valence-corrected chi connectivity index (χ2v) is 8.09. The van der Waals surface area contributed by atoms with Crippen LogP contribution in [-0.4, -0.2) is 53.8 Å². The molecule has 6 nitrogen and oxygen atoms in total. The number of ketones is 1. The summed E-state index contributed by atoms with van der Waals surface area (Å²) in [6.45, 7) is 10.4. The van der Waals surface area contributed by atoms with E-state index in [1.54, 1.807) is 17.0 Å². The van der Waals surface area contributed by atoms with Crippen molar-refractivity contribution in [1.82, 2.24) is 10.2 Å². The molecule has 150 valence electrons. The fourth-order valence-corrected chi connectivity index (χ4v) is 3.88. The van der Waals surface area contributed by atoms with Crippen LogP contribution in [0.25, 0.3) is 5.57 Å². The molecule has 0 bridgehead atoms. The molecular formula is C22H28N2O4. The summed E-state index contributed by atoms with van der Waals surface area (Å²) >= 11 is 0. The van der Waals surface area contributed by atoms with E-state index in [2.05, 4.69) is 11.9 Å². The Morgan fingerprint density at radius 2 is 1.89 bits per heavy atom. The minimum atomic E-state index is -0.666. The first kappa shape index (κ1) is 20.3. The number of fused-ring (bicyclic) bond motifs is 1. The SMILES string of the molecule is C=C(C)c1ccc(C(=O)N[C@@H](CC(C)C)C(=O)N2CC[C@H]3OCC(=O)[C@H]32)cc1. The highest BCUT2D eigenvalue weighted by Gasteiger charge is 2.48. The number of Topliss-reactive ketones (excluding diaryl/α,β-unsaturated/α-hetero) is 1. The molecule has 0 spiro atoms. The van der Waals surface area contributed by atoms with Crippen molar-refractivity contribution in [2.24, 2.45) is 5.92 Å². The lowest BCUT2D eigenvalue weighted by Gasteiger charge is -2.28. The van der Waals surface area contributed by atoms with E-state index in [0.29, 0.717) is 24.9 Å². The fourth-order valence-electron chi connectivity index (χ4n) is 3.88. The maximum atomic E-state index is 13.2. The van der Waals surface area contributed by atoms with Crippen molar-refractivity contribution in [2.45, 2.75) is 51.8 Å². The predicted molar refractivity (Wildman–Crippen MR) is 107 cm³/mol. The lowest BCUT2D eigenvalue weighted by atomic mass is 10.0. The number of carbonyl (C=O) groups is 3. The number of nitrogens with zero attached hydrogens (tertiary/aromatic N) is 1. The minimum Gasteiger partial charge on any atom is -0.368 e. The van der Waals surface area contributed by atoms with E-state index in [-0.39, 0.29) is 36.2 Å². The number of amides is 2. The summed E-state index contributed by atoms with van der Waals surface area (Å²) in [4.78, 5) is 39.6. The van der Waals surface area contributed by atoms with Crippen LogP contribution in [0.1, 0.15) is 49.5 Å². The number of allylic oxidation sites excluding steroid dienone is 1. The summed E-state index contributed by atoms with van der Waals surface area (Å²) in [6, 6.07) is 5.98. The molecule has 1 aromatic rings. The van der Waals surface area contributed by atoms with Gasteiger partial charge in [-0.15, -0.1) is 0 Å². The molecule has 6 heteroatoms. The van der Waals surface area contributed by atoms with Gasteiger partial charge in [-0.05, 0) is 43.4 Å². The highest BCUT2D eigenvalue weighted by atomic mass is 16.5. The number of benzene rings is 1. The normalized spacial score (nSPS) is 22.3. The summed E-state index contributed by atoms with van der Waals surface area (Å²) in [5.74, 6) is -0.334. The van der Waals surface area contributed by atoms with E-state index < -0.39 is 12.1 Å². The topological polar surface area (TPSA) is 75.7 Å². The maximum Gasteiger partial charge on any atom is 0.251 e. The van der Waals surface area contributed by atoms with Crippen molar-refractivity contribution in [3.8, 4) is 0 Å². The molecular weight excluding hydrogens is 356 g/mol. The predicted octanol–water partition coefficient (Wildman–Crippen LogP) is 2.43. The Morgan fingerprint density at radius 3 is 2.50 bits per heavy atom. The van der Waals surface area contributed by atoms with Gasteiger partial charge in [0.05, 0.1) is 6.10 Å². The van der Waals surface area contributed by atoms with Crippen molar-refractivity contribution in [2.75, 3.05) is 13.2 Å². The van der Waals surface area contributed by atoms with Crippen LogP contribution in [0.5, 0.6) is 0 Å². The molecule has 28 heavy (non-hydrogen) atoms. The lowest BCUT2D eigenvalue weighted by molar-refractivity contribution is -0.138. The molecule has 2 fully saturated rings. The molecule has 2 aliphatic heterocycles. The maximum absolute atomic E-state index is 13.2. The average Bonchev–Trinajstić information content (AvgIpc) is 3.23. The van der Waals surface area contributed by atoms with Crippen LogP contribution in [0.3, 0.4) is 0 Å². The Labute approximate surface area is 165 Å². The summed E-state index contributed by atoms with van der Waals surface area (Å²) in [5, 5.41) is 2.88. The molecule has 0 saturated carbocycles. The standard InChI is InChI=1S/C22H28N2O4/c1-13(2)11-17(22(27)24-10-9-19-20(24)18(25)12-28-19)23-21(26)16-7-5-15(6-8-16)14(3)4/h5-8,13,17,19-20H,3,9-12H2,1-2,4H3,(H,23,26)/t17-,19+,20+/m0/s1. The number of ether oxygens (including phenoxy) is 1. The van der Waals surface area contributed by atoms with Crippen molar-refractivity contribution in [3.63, 3.8) is 0 Å². The van der Waals surface area contributed by atoms with Crippen molar-refractivity contribution >= 4 is 23.2 Å². The molecule has 2 aliphatic rings. The molecule has 0 aliphatic carbocycles. The first-order valence-electron chi connectivity index (χ1n) is 9.79.